The first kappa shape index (κ1) is 25.4. The summed E-state index contributed by atoms with van der Waals surface area (Å²) in [4.78, 5) is 46.0. The molecular weight excluding hydrogens is 522 g/mol. The maximum absolute atomic E-state index is 13.9. The van der Waals surface area contributed by atoms with Gasteiger partial charge in [-0.1, -0.05) is 78.1 Å². The Morgan fingerprint density at radius 2 is 1.52 bits per heavy atom. The molecule has 0 unspecified atom stereocenters. The lowest BCUT2D eigenvalue weighted by atomic mass is 9.95. The molecule has 9 heteroatoms. The number of thiazole rings is 1. The van der Waals surface area contributed by atoms with Crippen molar-refractivity contribution in [3.8, 4) is 0 Å². The van der Waals surface area contributed by atoms with Crippen LogP contribution in [0.1, 0.15) is 25.5 Å². The second kappa shape index (κ2) is 10.3. The number of amides is 2. The standard InChI is InChI=1S/C31H25N5O3S/c1-19-24(29(38)36(34-19)23-16-10-5-11-17-23)18-25-30(39)35-27(21-12-6-3-7-13-21)26(20(2)32-31(35)40-25)28(37)33-22-14-8-4-9-15-22/h3-18,24,27H,1-2H3,(H,33,37)/b25-18+/t24-,27-/m0/s1. The van der Waals surface area contributed by atoms with Crippen molar-refractivity contribution >= 4 is 46.3 Å². The van der Waals surface area contributed by atoms with E-state index in [0.29, 0.717) is 37.7 Å². The molecule has 3 aromatic carbocycles. The number of aromatic nitrogens is 1. The van der Waals surface area contributed by atoms with E-state index in [1.807, 2.05) is 91.0 Å². The summed E-state index contributed by atoms with van der Waals surface area (Å²) in [7, 11) is 0. The van der Waals surface area contributed by atoms with Gasteiger partial charge in [0.25, 0.3) is 17.4 Å². The molecule has 2 amide bonds. The summed E-state index contributed by atoms with van der Waals surface area (Å²) in [5.74, 6) is -1.24. The first-order valence-corrected chi connectivity index (χ1v) is 13.6. The van der Waals surface area contributed by atoms with Crippen molar-refractivity contribution in [2.75, 3.05) is 10.3 Å². The minimum absolute atomic E-state index is 0.228. The van der Waals surface area contributed by atoms with E-state index in [1.165, 1.54) is 16.3 Å². The topological polar surface area (TPSA) is 96.1 Å². The van der Waals surface area contributed by atoms with Gasteiger partial charge in [0.2, 0.25) is 0 Å². The Labute approximate surface area is 233 Å². The third kappa shape index (κ3) is 4.50. The van der Waals surface area contributed by atoms with Gasteiger partial charge in [0.15, 0.2) is 4.80 Å². The van der Waals surface area contributed by atoms with Gasteiger partial charge in [-0.2, -0.15) is 10.1 Å². The average Bonchev–Trinajstić information content (AvgIpc) is 3.43. The van der Waals surface area contributed by atoms with Crippen LogP contribution in [0.25, 0.3) is 6.08 Å². The number of nitrogens with zero attached hydrogens (tertiary/aromatic N) is 4. The number of benzene rings is 3. The molecule has 0 saturated heterocycles. The first-order valence-electron chi connectivity index (χ1n) is 12.8. The number of nitrogens with one attached hydrogen (secondary N) is 1. The molecule has 0 fully saturated rings. The number of anilines is 2. The summed E-state index contributed by atoms with van der Waals surface area (Å²) in [5.41, 5.74) is 3.30. The number of fused-ring (bicyclic) bond motifs is 1. The second-order valence-corrected chi connectivity index (χ2v) is 10.5. The predicted octanol–water partition coefficient (Wildman–Crippen LogP) is 3.86. The fourth-order valence-electron chi connectivity index (χ4n) is 4.97. The molecule has 1 N–H and O–H groups in total. The number of rotatable bonds is 5. The van der Waals surface area contributed by atoms with Crippen LogP contribution in [0.4, 0.5) is 11.4 Å². The number of hydrogen-bond donors (Lipinski definition) is 1. The van der Waals surface area contributed by atoms with Gasteiger partial charge in [-0.3, -0.25) is 19.0 Å². The summed E-state index contributed by atoms with van der Waals surface area (Å²) in [5, 5.41) is 8.78. The Hall–Kier alpha value is -4.89. The van der Waals surface area contributed by atoms with Crippen LogP contribution in [0, 0.1) is 5.92 Å². The number of para-hydroxylation sites is 2. The van der Waals surface area contributed by atoms with E-state index in [-0.39, 0.29) is 17.4 Å². The lowest BCUT2D eigenvalue weighted by Crippen LogP contribution is -2.40. The van der Waals surface area contributed by atoms with Crippen LogP contribution >= 0.6 is 11.3 Å². The van der Waals surface area contributed by atoms with Gasteiger partial charge in [0.05, 0.1) is 33.2 Å². The molecule has 2 aliphatic rings. The number of hydrazone groups is 1. The third-order valence-corrected chi connectivity index (χ3v) is 7.92. The fourth-order valence-corrected chi connectivity index (χ4v) is 6.03. The lowest BCUT2D eigenvalue weighted by molar-refractivity contribution is -0.118. The number of carbonyl (C=O) groups excluding carboxylic acids is 2. The highest BCUT2D eigenvalue weighted by molar-refractivity contribution is 7.07. The summed E-state index contributed by atoms with van der Waals surface area (Å²) in [6.45, 7) is 3.56. The van der Waals surface area contributed by atoms with Crippen molar-refractivity contribution in [3.05, 3.63) is 128 Å². The normalized spacial score (nSPS) is 18.9. The molecule has 2 atom stereocenters. The van der Waals surface area contributed by atoms with Crippen LogP contribution < -0.4 is 25.2 Å². The Morgan fingerprint density at radius 3 is 2.20 bits per heavy atom. The zero-order chi connectivity index (χ0) is 27.8. The molecule has 0 saturated carbocycles. The van der Waals surface area contributed by atoms with Crippen LogP contribution in [0.15, 0.2) is 117 Å². The van der Waals surface area contributed by atoms with Gasteiger partial charge in [-0.25, -0.2) is 4.99 Å². The van der Waals surface area contributed by atoms with Gasteiger partial charge >= 0.3 is 0 Å². The molecule has 3 heterocycles. The van der Waals surface area contributed by atoms with Crippen LogP contribution in [0.2, 0.25) is 0 Å². The summed E-state index contributed by atoms with van der Waals surface area (Å²) in [6.07, 6.45) is 1.67. The number of carbonyl (C=O) groups is 2. The molecule has 198 valence electrons. The van der Waals surface area contributed by atoms with Gasteiger partial charge in [0, 0.05) is 5.69 Å². The van der Waals surface area contributed by atoms with E-state index in [1.54, 1.807) is 24.5 Å². The Balaban J connectivity index is 1.44. The quantitative estimate of drug-likeness (QED) is 0.411. The van der Waals surface area contributed by atoms with E-state index in [9.17, 15) is 14.4 Å². The third-order valence-electron chi connectivity index (χ3n) is 6.91. The number of hydrogen-bond acceptors (Lipinski definition) is 6. The highest BCUT2D eigenvalue weighted by Crippen LogP contribution is 2.31. The van der Waals surface area contributed by atoms with Gasteiger partial charge in [-0.05, 0) is 49.8 Å². The van der Waals surface area contributed by atoms with Crippen molar-refractivity contribution < 1.29 is 9.59 Å². The maximum atomic E-state index is 13.9. The Morgan fingerprint density at radius 1 is 0.900 bits per heavy atom. The molecule has 2 aliphatic heterocycles. The molecule has 0 aliphatic carbocycles. The van der Waals surface area contributed by atoms with Crippen LogP contribution in [0.3, 0.4) is 0 Å². The predicted molar refractivity (Wildman–Crippen MR) is 157 cm³/mol. The monoisotopic (exact) mass is 547 g/mol. The first-order chi connectivity index (χ1) is 19.4. The van der Waals surface area contributed by atoms with Gasteiger partial charge < -0.3 is 5.32 Å². The average molecular weight is 548 g/mol. The van der Waals surface area contributed by atoms with Crippen molar-refractivity contribution in [1.29, 1.82) is 0 Å². The van der Waals surface area contributed by atoms with Crippen molar-refractivity contribution in [2.24, 2.45) is 16.0 Å². The molecule has 0 bridgehead atoms. The van der Waals surface area contributed by atoms with Crippen LogP contribution in [0.5, 0.6) is 0 Å². The fraction of sp³-hybridized carbons (Fsp3) is 0.129. The molecule has 0 spiro atoms. The Kier molecular flexibility index (Phi) is 6.57. The molecule has 6 rings (SSSR count). The van der Waals surface area contributed by atoms with Crippen LogP contribution in [-0.2, 0) is 9.59 Å². The lowest BCUT2D eigenvalue weighted by Gasteiger charge is -2.25. The molecule has 8 nitrogen and oxygen atoms in total. The molecule has 40 heavy (non-hydrogen) atoms. The summed E-state index contributed by atoms with van der Waals surface area (Å²) in [6, 6.07) is 27.1. The van der Waals surface area contributed by atoms with Gasteiger partial charge in [-0.15, -0.1) is 0 Å². The van der Waals surface area contributed by atoms with Crippen LogP contribution in [-0.4, -0.2) is 22.1 Å². The summed E-state index contributed by atoms with van der Waals surface area (Å²) < 4.78 is 1.93. The van der Waals surface area contributed by atoms with E-state index < -0.39 is 12.0 Å². The zero-order valence-electron chi connectivity index (χ0n) is 21.8. The molecule has 0 radical (unpaired) electrons. The van der Waals surface area contributed by atoms with E-state index in [4.69, 9.17) is 0 Å². The number of allylic oxidation sites excluding steroid dienone is 1. The minimum Gasteiger partial charge on any atom is -0.322 e. The Bertz CT molecular complexity index is 1860. The van der Waals surface area contributed by atoms with Gasteiger partial charge in [0.1, 0.15) is 5.92 Å². The van der Waals surface area contributed by atoms with E-state index in [0.717, 1.165) is 5.56 Å². The van der Waals surface area contributed by atoms with Crippen molar-refractivity contribution in [3.63, 3.8) is 0 Å². The molecule has 4 aromatic rings. The zero-order valence-corrected chi connectivity index (χ0v) is 22.6. The van der Waals surface area contributed by atoms with E-state index >= 15 is 0 Å². The van der Waals surface area contributed by atoms with E-state index in [2.05, 4.69) is 15.4 Å². The molecular formula is C31H25N5O3S. The SMILES string of the molecule is CC1=NN(c2ccccc2)C(=O)[C@H]1/C=c1/sc2n(c1=O)[C@@H](c1ccccc1)C(C(=O)Nc1ccccc1)=C(C)N=2. The molecule has 1 aromatic heterocycles. The summed E-state index contributed by atoms with van der Waals surface area (Å²) >= 11 is 1.21. The maximum Gasteiger partial charge on any atom is 0.270 e. The van der Waals surface area contributed by atoms with Crippen molar-refractivity contribution in [2.45, 2.75) is 19.9 Å². The van der Waals surface area contributed by atoms with Crippen molar-refractivity contribution in [1.82, 2.24) is 4.57 Å². The highest BCUT2D eigenvalue weighted by atomic mass is 32.1. The minimum atomic E-state index is -0.682. The smallest absolute Gasteiger partial charge is 0.270 e. The highest BCUT2D eigenvalue weighted by Gasteiger charge is 2.35. The largest absolute Gasteiger partial charge is 0.322 e. The second-order valence-electron chi connectivity index (χ2n) is 9.54.